The Morgan fingerprint density at radius 3 is 2.49 bits per heavy atom. The van der Waals surface area contributed by atoms with Crippen LogP contribution in [0.1, 0.15) is 29.5 Å². The van der Waals surface area contributed by atoms with E-state index in [1.165, 1.54) is 6.08 Å². The molecule has 0 aromatic heterocycles. The van der Waals surface area contributed by atoms with Crippen LogP contribution in [-0.4, -0.2) is 69.6 Å². The van der Waals surface area contributed by atoms with Gasteiger partial charge in [0.2, 0.25) is 5.91 Å². The smallest absolute Gasteiger partial charge is 0.311 e. The summed E-state index contributed by atoms with van der Waals surface area (Å²) in [6.07, 6.45) is 4.95. The third-order valence-corrected chi connectivity index (χ3v) is 10.7. The molecule has 8 heteroatoms. The molecule has 5 rings (SSSR count). The molecule has 2 bridgehead atoms. The van der Waals surface area contributed by atoms with Crippen molar-refractivity contribution >= 4 is 35.2 Å². The maximum Gasteiger partial charge on any atom is 0.311 e. The summed E-state index contributed by atoms with van der Waals surface area (Å²) in [5.41, 5.74) is 3.65. The molecule has 1 N–H and O–H groups in total. The number of rotatable bonds is 11. The van der Waals surface area contributed by atoms with E-state index in [0.717, 1.165) is 22.4 Å². The topological polar surface area (TPSA) is 87.1 Å². The van der Waals surface area contributed by atoms with E-state index >= 15 is 0 Å². The summed E-state index contributed by atoms with van der Waals surface area (Å²) in [6.45, 7) is 11.5. The number of ether oxygens (including phenoxy) is 1. The molecule has 3 saturated heterocycles. The quantitative estimate of drug-likeness (QED) is 0.319. The van der Waals surface area contributed by atoms with Gasteiger partial charge in [0, 0.05) is 17.5 Å². The normalized spacial score (nSPS) is 26.9. The summed E-state index contributed by atoms with van der Waals surface area (Å²) in [6, 6.07) is 14.1. The van der Waals surface area contributed by atoms with Crippen molar-refractivity contribution in [3.63, 3.8) is 0 Å². The second-order valence-electron chi connectivity index (χ2n) is 11.2. The summed E-state index contributed by atoms with van der Waals surface area (Å²) in [4.78, 5) is 46.1. The zero-order chi connectivity index (χ0) is 29.3. The van der Waals surface area contributed by atoms with E-state index in [4.69, 9.17) is 4.74 Å². The number of hydrogen-bond acceptors (Lipinski definition) is 6. The molecule has 2 aromatic rings. The Labute approximate surface area is 246 Å². The van der Waals surface area contributed by atoms with Crippen molar-refractivity contribution in [1.29, 1.82) is 0 Å². The third-order valence-electron chi connectivity index (χ3n) is 8.79. The minimum atomic E-state index is -0.855. The molecule has 2 amide bonds. The first-order chi connectivity index (χ1) is 19.8. The van der Waals surface area contributed by atoms with Crippen molar-refractivity contribution in [2.75, 3.05) is 24.7 Å². The third kappa shape index (κ3) is 4.91. The van der Waals surface area contributed by atoms with Crippen LogP contribution in [-0.2, 0) is 25.5 Å². The molecule has 0 aliphatic carbocycles. The minimum absolute atomic E-state index is 0.0691. The number of amides is 2. The van der Waals surface area contributed by atoms with Crippen molar-refractivity contribution in [3.05, 3.63) is 90.5 Å². The Hall–Kier alpha value is -3.36. The number of fused-ring (bicyclic) bond motifs is 1. The highest BCUT2D eigenvalue weighted by Crippen LogP contribution is 2.67. The average molecular weight is 575 g/mol. The van der Waals surface area contributed by atoms with E-state index in [0.29, 0.717) is 19.3 Å². The average Bonchev–Trinajstić information content (AvgIpc) is 3.61. The first-order valence-electron chi connectivity index (χ1n) is 14.2. The van der Waals surface area contributed by atoms with Gasteiger partial charge in [-0.25, -0.2) is 0 Å². The molecular formula is C33H38N2O5S. The predicted octanol–water partition coefficient (Wildman–Crippen LogP) is 4.25. The van der Waals surface area contributed by atoms with Gasteiger partial charge in [-0.2, -0.15) is 0 Å². The second-order valence-corrected chi connectivity index (χ2v) is 12.8. The van der Waals surface area contributed by atoms with Crippen LogP contribution in [0.3, 0.4) is 0 Å². The fraction of sp³-hybridized carbons (Fsp3) is 0.424. The minimum Gasteiger partial charge on any atom is -0.461 e. The SMILES string of the molecule is C=CCOC(=O)[C@@H]1[C@H]2C(=O)N([C@@H](CO)Cc3ccccc3)C(C(=O)N(CC=C)c3c(C)cccc3C)C23CC[C@H]1S3. The van der Waals surface area contributed by atoms with E-state index in [1.807, 2.05) is 62.4 Å². The lowest BCUT2D eigenvalue weighted by Crippen LogP contribution is -2.58. The van der Waals surface area contributed by atoms with E-state index in [-0.39, 0.29) is 36.8 Å². The molecule has 41 heavy (non-hydrogen) atoms. The van der Waals surface area contributed by atoms with Crippen LogP contribution in [0.15, 0.2) is 73.8 Å². The molecule has 216 valence electrons. The molecule has 0 saturated carbocycles. The number of aliphatic hydroxyl groups is 1. The van der Waals surface area contributed by atoms with Crippen molar-refractivity contribution in [3.8, 4) is 0 Å². The number of nitrogens with zero attached hydrogens (tertiary/aromatic N) is 2. The van der Waals surface area contributed by atoms with E-state index in [9.17, 15) is 19.5 Å². The number of aliphatic hydroxyl groups excluding tert-OH is 1. The van der Waals surface area contributed by atoms with Crippen LogP contribution in [0, 0.1) is 25.7 Å². The molecule has 7 nitrogen and oxygen atoms in total. The maximum absolute atomic E-state index is 14.9. The number of carbonyl (C=O) groups excluding carboxylic acids is 3. The largest absolute Gasteiger partial charge is 0.461 e. The number of thioether (sulfide) groups is 1. The number of esters is 1. The molecular weight excluding hydrogens is 536 g/mol. The van der Waals surface area contributed by atoms with Gasteiger partial charge in [-0.3, -0.25) is 14.4 Å². The Balaban J connectivity index is 1.62. The lowest BCUT2D eigenvalue weighted by molar-refractivity contribution is -0.153. The molecule has 2 unspecified atom stereocenters. The van der Waals surface area contributed by atoms with Crippen LogP contribution >= 0.6 is 11.8 Å². The number of hydrogen-bond donors (Lipinski definition) is 1. The molecule has 1 spiro atoms. The van der Waals surface area contributed by atoms with Crippen LogP contribution in [0.5, 0.6) is 0 Å². The summed E-state index contributed by atoms with van der Waals surface area (Å²) in [5, 5.41) is 10.6. The fourth-order valence-corrected chi connectivity index (χ4v) is 9.39. The Kier molecular flexibility index (Phi) is 8.43. The molecule has 0 radical (unpaired) electrons. The summed E-state index contributed by atoms with van der Waals surface area (Å²) in [7, 11) is 0. The number of anilines is 1. The van der Waals surface area contributed by atoms with E-state index in [1.54, 1.807) is 27.6 Å². The van der Waals surface area contributed by atoms with Crippen LogP contribution in [0.2, 0.25) is 0 Å². The number of likely N-dealkylation sites (tertiary alicyclic amines) is 1. The van der Waals surface area contributed by atoms with Crippen LogP contribution in [0.25, 0.3) is 0 Å². The fourth-order valence-electron chi connectivity index (χ4n) is 7.21. The maximum atomic E-state index is 14.9. The van der Waals surface area contributed by atoms with Crippen LogP contribution < -0.4 is 4.90 Å². The van der Waals surface area contributed by atoms with Crippen molar-refractivity contribution < 1.29 is 24.2 Å². The van der Waals surface area contributed by atoms with Gasteiger partial charge in [-0.15, -0.1) is 18.3 Å². The monoisotopic (exact) mass is 574 g/mol. The second kappa shape index (κ2) is 11.9. The Bertz CT molecular complexity index is 1330. The molecule has 3 heterocycles. The highest BCUT2D eigenvalue weighted by atomic mass is 32.2. The number of benzene rings is 2. The van der Waals surface area contributed by atoms with Crippen LogP contribution in [0.4, 0.5) is 5.69 Å². The van der Waals surface area contributed by atoms with Gasteiger partial charge in [-0.05, 0) is 49.8 Å². The zero-order valence-corrected chi connectivity index (χ0v) is 24.5. The van der Waals surface area contributed by atoms with E-state index < -0.39 is 34.6 Å². The van der Waals surface area contributed by atoms with Gasteiger partial charge < -0.3 is 19.6 Å². The lowest BCUT2D eigenvalue weighted by atomic mass is 9.71. The zero-order valence-electron chi connectivity index (χ0n) is 23.7. The standard InChI is InChI=1S/C33H38N2O5S/c1-5-17-34(28-21(3)11-10-12-22(28)4)31(38)29-33-16-15-25(41-33)26(32(39)40-18-6-2)27(33)30(37)35(29)24(20-36)19-23-13-8-7-9-14-23/h5-14,24-27,29,36H,1-2,15-20H2,3-4H3/t24-,25-,26+,27+,29?,33?/m1/s1. The highest BCUT2D eigenvalue weighted by molar-refractivity contribution is 8.02. The van der Waals surface area contributed by atoms with Gasteiger partial charge in [-0.1, -0.05) is 67.3 Å². The molecule has 2 aromatic carbocycles. The molecule has 3 aliphatic rings. The lowest BCUT2D eigenvalue weighted by Gasteiger charge is -2.40. The molecule has 3 aliphatic heterocycles. The highest BCUT2D eigenvalue weighted by Gasteiger charge is 2.74. The van der Waals surface area contributed by atoms with Crippen molar-refractivity contribution in [2.45, 2.75) is 55.2 Å². The summed E-state index contributed by atoms with van der Waals surface area (Å²) >= 11 is 1.59. The van der Waals surface area contributed by atoms with Gasteiger partial charge in [0.05, 0.1) is 29.2 Å². The number of carbonyl (C=O) groups is 3. The molecule has 6 atom stereocenters. The number of para-hydroxylation sites is 1. The summed E-state index contributed by atoms with van der Waals surface area (Å²) in [5.74, 6) is -2.24. The van der Waals surface area contributed by atoms with Crippen molar-refractivity contribution in [2.24, 2.45) is 11.8 Å². The number of aryl methyl sites for hydroxylation is 2. The predicted molar refractivity (Wildman–Crippen MR) is 162 cm³/mol. The Morgan fingerprint density at radius 1 is 1.15 bits per heavy atom. The van der Waals surface area contributed by atoms with Gasteiger partial charge in [0.1, 0.15) is 12.6 Å². The first kappa shape index (κ1) is 29.1. The first-order valence-corrected chi connectivity index (χ1v) is 15.1. The summed E-state index contributed by atoms with van der Waals surface area (Å²) < 4.78 is 4.69. The van der Waals surface area contributed by atoms with Crippen molar-refractivity contribution in [1.82, 2.24) is 4.90 Å². The van der Waals surface area contributed by atoms with E-state index in [2.05, 4.69) is 13.2 Å². The van der Waals surface area contributed by atoms with Gasteiger partial charge in [0.25, 0.3) is 5.91 Å². The Morgan fingerprint density at radius 2 is 1.85 bits per heavy atom. The van der Waals surface area contributed by atoms with Gasteiger partial charge >= 0.3 is 5.97 Å². The molecule has 3 fully saturated rings. The van der Waals surface area contributed by atoms with Gasteiger partial charge in [0.15, 0.2) is 0 Å².